The van der Waals surface area contributed by atoms with E-state index in [9.17, 15) is 4.79 Å². The first-order chi connectivity index (χ1) is 12.2. The molecule has 2 aromatic rings. The fourth-order valence-electron chi connectivity index (χ4n) is 3.11. The summed E-state index contributed by atoms with van der Waals surface area (Å²) in [6.07, 6.45) is 0. The first kappa shape index (κ1) is 17.5. The second-order valence-corrected chi connectivity index (χ2v) is 6.28. The molecule has 1 fully saturated rings. The van der Waals surface area contributed by atoms with E-state index in [1.165, 1.54) is 5.56 Å². The van der Waals surface area contributed by atoms with Gasteiger partial charge in [0.05, 0.1) is 13.7 Å². The zero-order valence-corrected chi connectivity index (χ0v) is 14.6. The molecule has 25 heavy (non-hydrogen) atoms. The van der Waals surface area contributed by atoms with Crippen LogP contribution in [0.3, 0.4) is 0 Å². The molecule has 0 aromatic heterocycles. The largest absolute Gasteiger partial charge is 0.496 e. The second kappa shape index (κ2) is 8.65. The third-order valence-electron chi connectivity index (χ3n) is 4.48. The predicted octanol–water partition coefficient (Wildman–Crippen LogP) is 2.45. The minimum absolute atomic E-state index is 0.0457. The Morgan fingerprint density at radius 1 is 0.960 bits per heavy atom. The molecule has 0 spiro atoms. The molecule has 0 atom stereocenters. The van der Waals surface area contributed by atoms with Crippen LogP contribution in [0.4, 0.5) is 5.69 Å². The highest BCUT2D eigenvalue weighted by atomic mass is 16.5. The van der Waals surface area contributed by atoms with Crippen LogP contribution in [-0.2, 0) is 11.3 Å². The highest BCUT2D eigenvalue weighted by molar-refractivity contribution is 5.92. The molecular weight excluding hydrogens is 314 g/mol. The van der Waals surface area contributed by atoms with Gasteiger partial charge in [-0.2, -0.15) is 0 Å². The van der Waals surface area contributed by atoms with Crippen LogP contribution in [-0.4, -0.2) is 55.5 Å². The number of piperazine rings is 1. The number of para-hydroxylation sites is 2. The number of nitrogens with zero attached hydrogens (tertiary/aromatic N) is 2. The number of benzene rings is 2. The zero-order valence-electron chi connectivity index (χ0n) is 14.6. The number of nitrogens with one attached hydrogen (secondary N) is 1. The molecule has 0 bridgehead atoms. The zero-order chi connectivity index (χ0) is 17.5. The Hall–Kier alpha value is -2.37. The minimum atomic E-state index is 0.0457. The summed E-state index contributed by atoms with van der Waals surface area (Å²) in [6.45, 7) is 5.04. The SMILES string of the molecule is COc1ccccc1CN1CCN(CC(=O)Nc2ccccc2)CC1. The molecule has 2 aromatic carbocycles. The summed E-state index contributed by atoms with van der Waals surface area (Å²) in [6, 6.07) is 17.7. The lowest BCUT2D eigenvalue weighted by Gasteiger charge is -2.34. The quantitative estimate of drug-likeness (QED) is 0.878. The fraction of sp³-hybridized carbons (Fsp3) is 0.350. The first-order valence-electron chi connectivity index (χ1n) is 8.66. The molecule has 1 saturated heterocycles. The average Bonchev–Trinajstić information content (AvgIpc) is 2.64. The molecule has 1 aliphatic heterocycles. The number of methoxy groups -OCH3 is 1. The van der Waals surface area contributed by atoms with Crippen molar-refractivity contribution in [1.82, 2.24) is 9.80 Å². The lowest BCUT2D eigenvalue weighted by Crippen LogP contribution is -2.48. The van der Waals surface area contributed by atoms with Crippen molar-refractivity contribution in [2.45, 2.75) is 6.54 Å². The van der Waals surface area contributed by atoms with Gasteiger partial charge in [0.15, 0.2) is 0 Å². The van der Waals surface area contributed by atoms with Crippen LogP contribution in [0.25, 0.3) is 0 Å². The Labute approximate surface area is 149 Å². The number of ether oxygens (including phenoxy) is 1. The monoisotopic (exact) mass is 339 g/mol. The molecule has 3 rings (SSSR count). The van der Waals surface area contributed by atoms with Gasteiger partial charge < -0.3 is 10.1 Å². The molecular formula is C20H25N3O2. The van der Waals surface area contributed by atoms with E-state index in [4.69, 9.17) is 4.74 Å². The van der Waals surface area contributed by atoms with Gasteiger partial charge in [0, 0.05) is 44.0 Å². The molecule has 5 nitrogen and oxygen atoms in total. The lowest BCUT2D eigenvalue weighted by molar-refractivity contribution is -0.117. The van der Waals surface area contributed by atoms with E-state index in [2.05, 4.69) is 21.2 Å². The van der Waals surface area contributed by atoms with E-state index >= 15 is 0 Å². The van der Waals surface area contributed by atoms with Crippen molar-refractivity contribution in [1.29, 1.82) is 0 Å². The van der Waals surface area contributed by atoms with Crippen molar-refractivity contribution in [2.24, 2.45) is 0 Å². The topological polar surface area (TPSA) is 44.8 Å². The van der Waals surface area contributed by atoms with Gasteiger partial charge >= 0.3 is 0 Å². The molecule has 1 aliphatic rings. The van der Waals surface area contributed by atoms with Crippen LogP contribution < -0.4 is 10.1 Å². The number of carbonyl (C=O) groups excluding carboxylic acids is 1. The van der Waals surface area contributed by atoms with Gasteiger partial charge in [-0.3, -0.25) is 14.6 Å². The molecule has 0 aliphatic carbocycles. The molecule has 0 radical (unpaired) electrons. The summed E-state index contributed by atoms with van der Waals surface area (Å²) in [5.74, 6) is 0.983. The number of carbonyl (C=O) groups is 1. The molecule has 132 valence electrons. The molecule has 0 unspecified atom stereocenters. The standard InChI is InChI=1S/C20H25N3O2/c1-25-19-10-6-5-7-17(19)15-22-11-13-23(14-12-22)16-20(24)21-18-8-3-2-4-9-18/h2-10H,11-16H2,1H3,(H,21,24). The van der Waals surface area contributed by atoms with E-state index in [1.807, 2.05) is 48.5 Å². The third kappa shape index (κ3) is 5.05. The molecule has 5 heteroatoms. The van der Waals surface area contributed by atoms with Gasteiger partial charge in [0.2, 0.25) is 5.91 Å². The first-order valence-corrected chi connectivity index (χ1v) is 8.66. The Balaban J connectivity index is 1.45. The van der Waals surface area contributed by atoms with Gasteiger partial charge in [0.25, 0.3) is 0 Å². The number of amides is 1. The van der Waals surface area contributed by atoms with Crippen molar-refractivity contribution in [3.63, 3.8) is 0 Å². The third-order valence-corrected chi connectivity index (χ3v) is 4.48. The van der Waals surface area contributed by atoms with Gasteiger partial charge in [-0.15, -0.1) is 0 Å². The molecule has 0 saturated carbocycles. The van der Waals surface area contributed by atoms with Crippen molar-refractivity contribution in [2.75, 3.05) is 45.2 Å². The normalized spacial score (nSPS) is 15.7. The van der Waals surface area contributed by atoms with E-state index in [1.54, 1.807) is 7.11 Å². The maximum Gasteiger partial charge on any atom is 0.238 e. The molecule has 1 amide bonds. The van der Waals surface area contributed by atoms with E-state index < -0.39 is 0 Å². The van der Waals surface area contributed by atoms with Crippen molar-refractivity contribution in [3.05, 3.63) is 60.2 Å². The van der Waals surface area contributed by atoms with Crippen LogP contribution in [0.5, 0.6) is 5.75 Å². The van der Waals surface area contributed by atoms with Gasteiger partial charge in [-0.25, -0.2) is 0 Å². The minimum Gasteiger partial charge on any atom is -0.496 e. The Morgan fingerprint density at radius 3 is 2.32 bits per heavy atom. The Morgan fingerprint density at radius 2 is 1.60 bits per heavy atom. The summed E-state index contributed by atoms with van der Waals surface area (Å²) in [4.78, 5) is 16.8. The number of hydrogen-bond donors (Lipinski definition) is 1. The highest BCUT2D eigenvalue weighted by Crippen LogP contribution is 2.19. The van der Waals surface area contributed by atoms with Crippen LogP contribution in [0.15, 0.2) is 54.6 Å². The maximum absolute atomic E-state index is 12.2. The van der Waals surface area contributed by atoms with Crippen LogP contribution in [0, 0.1) is 0 Å². The summed E-state index contributed by atoms with van der Waals surface area (Å²) in [5.41, 5.74) is 2.06. The lowest BCUT2D eigenvalue weighted by atomic mass is 10.1. The summed E-state index contributed by atoms with van der Waals surface area (Å²) in [5, 5.41) is 2.94. The smallest absolute Gasteiger partial charge is 0.238 e. The van der Waals surface area contributed by atoms with Gasteiger partial charge in [-0.05, 0) is 18.2 Å². The van der Waals surface area contributed by atoms with Crippen molar-refractivity contribution in [3.8, 4) is 5.75 Å². The van der Waals surface area contributed by atoms with E-state index in [0.717, 1.165) is 44.2 Å². The summed E-state index contributed by atoms with van der Waals surface area (Å²) < 4.78 is 5.43. The Kier molecular flexibility index (Phi) is 6.04. The van der Waals surface area contributed by atoms with Crippen molar-refractivity contribution < 1.29 is 9.53 Å². The molecule has 1 N–H and O–H groups in total. The molecule has 1 heterocycles. The van der Waals surface area contributed by atoms with Gasteiger partial charge in [0.1, 0.15) is 5.75 Å². The van der Waals surface area contributed by atoms with E-state index in [0.29, 0.717) is 6.54 Å². The summed E-state index contributed by atoms with van der Waals surface area (Å²) in [7, 11) is 1.71. The van der Waals surface area contributed by atoms with E-state index in [-0.39, 0.29) is 5.91 Å². The number of hydrogen-bond acceptors (Lipinski definition) is 4. The number of rotatable bonds is 6. The maximum atomic E-state index is 12.2. The summed E-state index contributed by atoms with van der Waals surface area (Å²) >= 11 is 0. The Bertz CT molecular complexity index is 682. The number of anilines is 1. The van der Waals surface area contributed by atoms with Crippen LogP contribution in [0.2, 0.25) is 0 Å². The second-order valence-electron chi connectivity index (χ2n) is 6.28. The van der Waals surface area contributed by atoms with Crippen molar-refractivity contribution >= 4 is 11.6 Å². The van der Waals surface area contributed by atoms with Crippen LogP contribution >= 0.6 is 0 Å². The fourth-order valence-corrected chi connectivity index (χ4v) is 3.11. The van der Waals surface area contributed by atoms with Gasteiger partial charge in [-0.1, -0.05) is 36.4 Å². The van der Waals surface area contributed by atoms with Crippen LogP contribution in [0.1, 0.15) is 5.56 Å². The predicted molar refractivity (Wildman–Crippen MR) is 99.8 cm³/mol. The average molecular weight is 339 g/mol. The highest BCUT2D eigenvalue weighted by Gasteiger charge is 2.19.